The second-order valence-electron chi connectivity index (χ2n) is 8.48. The van der Waals surface area contributed by atoms with Crippen LogP contribution in [-0.4, -0.2) is 62.4 Å². The first kappa shape index (κ1) is 28.5. The van der Waals surface area contributed by atoms with Crippen LogP contribution in [0, 0.1) is 5.82 Å². The maximum absolute atomic E-state index is 15.0. The summed E-state index contributed by atoms with van der Waals surface area (Å²) in [5.41, 5.74) is 1.45. The first-order valence-electron chi connectivity index (χ1n) is 11.4. The lowest BCUT2D eigenvalue weighted by Gasteiger charge is -2.23. The standard InChI is InChI=1S/C25H23FN6O6S2/c1-38-25(33)18-4-5-20(21(26)12-18)16-31(24-15-27-10-11-29-24)23-13-17(8-9-28-23)19-6-7-22(30-14-19)32(39(2,34)35)40(3,36)37/h4-15H,16H2,1-3H3. The SMILES string of the molecule is COC(=O)c1ccc(CN(c2cnccn2)c2cc(-c3ccc(N(S(C)(=O)=O)S(C)(=O)=O)nc3)ccn2)c(F)c1. The molecule has 208 valence electrons. The third kappa shape index (κ3) is 6.38. The number of carbonyl (C=O) groups is 1. The number of sulfonamides is 2. The van der Waals surface area contributed by atoms with Crippen LogP contribution in [0.15, 0.2) is 73.4 Å². The van der Waals surface area contributed by atoms with Crippen molar-refractivity contribution in [1.82, 2.24) is 19.9 Å². The van der Waals surface area contributed by atoms with Gasteiger partial charge in [-0.05, 0) is 42.0 Å². The zero-order chi connectivity index (χ0) is 29.1. The number of anilines is 3. The molecule has 0 saturated heterocycles. The van der Waals surface area contributed by atoms with E-state index >= 15 is 0 Å². The summed E-state index contributed by atoms with van der Waals surface area (Å²) in [6.07, 6.45) is 8.82. The molecule has 0 fully saturated rings. The summed E-state index contributed by atoms with van der Waals surface area (Å²) in [5.74, 6) is -0.841. The Morgan fingerprint density at radius 3 is 2.12 bits per heavy atom. The number of halogens is 1. The number of nitrogens with zero attached hydrogens (tertiary/aromatic N) is 6. The summed E-state index contributed by atoms with van der Waals surface area (Å²) in [7, 11) is -7.09. The molecule has 0 atom stereocenters. The van der Waals surface area contributed by atoms with Gasteiger partial charge in [0.05, 0.1) is 37.9 Å². The number of aromatic nitrogens is 4. The minimum Gasteiger partial charge on any atom is -0.465 e. The molecule has 0 bridgehead atoms. The fourth-order valence-corrected chi connectivity index (χ4v) is 6.66. The first-order valence-corrected chi connectivity index (χ1v) is 15.1. The van der Waals surface area contributed by atoms with Crippen LogP contribution in [0.25, 0.3) is 11.1 Å². The van der Waals surface area contributed by atoms with E-state index in [2.05, 4.69) is 24.7 Å². The van der Waals surface area contributed by atoms with Crippen molar-refractivity contribution in [2.24, 2.45) is 0 Å². The van der Waals surface area contributed by atoms with Gasteiger partial charge in [-0.15, -0.1) is 3.71 Å². The van der Waals surface area contributed by atoms with Crippen molar-refractivity contribution in [2.45, 2.75) is 6.54 Å². The smallest absolute Gasteiger partial charge is 0.337 e. The predicted octanol–water partition coefficient (Wildman–Crippen LogP) is 2.92. The number of ether oxygens (including phenoxy) is 1. The highest BCUT2D eigenvalue weighted by Gasteiger charge is 2.28. The summed E-state index contributed by atoms with van der Waals surface area (Å²) < 4.78 is 68.1. The Labute approximate surface area is 230 Å². The number of methoxy groups -OCH3 is 1. The van der Waals surface area contributed by atoms with Crippen molar-refractivity contribution in [3.05, 3.63) is 90.4 Å². The molecule has 0 unspecified atom stereocenters. The summed E-state index contributed by atoms with van der Waals surface area (Å²) in [4.78, 5) is 30.3. The normalized spacial score (nSPS) is 11.6. The lowest BCUT2D eigenvalue weighted by Crippen LogP contribution is -2.35. The lowest BCUT2D eigenvalue weighted by atomic mass is 10.1. The molecule has 0 aliphatic carbocycles. The molecule has 0 saturated carbocycles. The van der Waals surface area contributed by atoms with Crippen molar-refractivity contribution in [1.29, 1.82) is 0 Å². The van der Waals surface area contributed by atoms with Gasteiger partial charge in [-0.1, -0.05) is 6.07 Å². The van der Waals surface area contributed by atoms with Crippen molar-refractivity contribution in [3.63, 3.8) is 0 Å². The molecule has 40 heavy (non-hydrogen) atoms. The first-order chi connectivity index (χ1) is 18.9. The van der Waals surface area contributed by atoms with E-state index in [1.54, 1.807) is 17.0 Å². The third-order valence-corrected chi connectivity index (χ3v) is 8.73. The number of carbonyl (C=O) groups excluding carboxylic acids is 1. The van der Waals surface area contributed by atoms with E-state index in [1.165, 1.54) is 62.4 Å². The number of pyridine rings is 2. The molecular formula is C25H23FN6O6S2. The van der Waals surface area contributed by atoms with E-state index in [-0.39, 0.29) is 27.2 Å². The van der Waals surface area contributed by atoms with Crippen LogP contribution in [0.2, 0.25) is 0 Å². The molecule has 0 spiro atoms. The molecule has 3 heterocycles. The minimum absolute atomic E-state index is 0.0166. The van der Waals surface area contributed by atoms with Gasteiger partial charge in [-0.25, -0.2) is 41.0 Å². The number of esters is 1. The monoisotopic (exact) mass is 586 g/mol. The molecule has 0 aliphatic heterocycles. The van der Waals surface area contributed by atoms with Crippen LogP contribution in [0.3, 0.4) is 0 Å². The van der Waals surface area contributed by atoms with E-state index in [0.717, 1.165) is 18.6 Å². The Kier molecular flexibility index (Phi) is 8.06. The summed E-state index contributed by atoms with van der Waals surface area (Å²) in [5, 5.41) is 0. The highest BCUT2D eigenvalue weighted by atomic mass is 32.3. The van der Waals surface area contributed by atoms with Gasteiger partial charge >= 0.3 is 5.97 Å². The second kappa shape index (κ2) is 11.3. The van der Waals surface area contributed by atoms with Gasteiger partial charge in [-0.3, -0.25) is 4.98 Å². The largest absolute Gasteiger partial charge is 0.465 e. The molecule has 0 aliphatic rings. The second-order valence-corrected chi connectivity index (χ2v) is 12.4. The van der Waals surface area contributed by atoms with Crippen molar-refractivity contribution >= 4 is 43.5 Å². The van der Waals surface area contributed by atoms with Crippen molar-refractivity contribution in [3.8, 4) is 11.1 Å². The predicted molar refractivity (Wildman–Crippen MR) is 145 cm³/mol. The average molecular weight is 587 g/mol. The molecule has 0 N–H and O–H groups in total. The Hall–Kier alpha value is -4.50. The molecule has 0 radical (unpaired) electrons. The van der Waals surface area contributed by atoms with Gasteiger partial charge in [0, 0.05) is 35.9 Å². The summed E-state index contributed by atoms with van der Waals surface area (Å²) in [6.45, 7) is -0.0166. The van der Waals surface area contributed by atoms with Gasteiger partial charge in [0.2, 0.25) is 20.0 Å². The Balaban J connectivity index is 1.71. The molecule has 12 nitrogen and oxygen atoms in total. The van der Waals surface area contributed by atoms with E-state index in [0.29, 0.717) is 22.8 Å². The van der Waals surface area contributed by atoms with Gasteiger partial charge in [0.1, 0.15) is 11.6 Å². The zero-order valence-electron chi connectivity index (χ0n) is 21.5. The molecule has 0 amide bonds. The fourth-order valence-electron chi connectivity index (χ4n) is 3.80. The van der Waals surface area contributed by atoms with Gasteiger partial charge in [-0.2, -0.15) is 0 Å². The lowest BCUT2D eigenvalue weighted by molar-refractivity contribution is 0.0600. The Bertz CT molecular complexity index is 1720. The maximum Gasteiger partial charge on any atom is 0.337 e. The maximum atomic E-state index is 15.0. The van der Waals surface area contributed by atoms with Crippen molar-refractivity contribution in [2.75, 3.05) is 28.2 Å². The van der Waals surface area contributed by atoms with Crippen LogP contribution >= 0.6 is 0 Å². The zero-order valence-corrected chi connectivity index (χ0v) is 23.1. The molecule has 4 rings (SSSR count). The van der Waals surface area contributed by atoms with E-state index in [4.69, 9.17) is 0 Å². The topological polar surface area (TPSA) is 153 Å². The molecule has 4 aromatic rings. The van der Waals surface area contributed by atoms with Crippen LogP contribution in [-0.2, 0) is 31.3 Å². The molecular weight excluding hydrogens is 563 g/mol. The number of hydrogen-bond donors (Lipinski definition) is 0. The van der Waals surface area contributed by atoms with E-state index in [1.807, 2.05) is 0 Å². The van der Waals surface area contributed by atoms with Gasteiger partial charge < -0.3 is 9.64 Å². The van der Waals surface area contributed by atoms with E-state index < -0.39 is 31.8 Å². The fraction of sp³-hybridized carbons (Fsp3) is 0.160. The van der Waals surface area contributed by atoms with Crippen LogP contribution < -0.4 is 8.61 Å². The van der Waals surface area contributed by atoms with Crippen LogP contribution in [0.1, 0.15) is 15.9 Å². The van der Waals surface area contributed by atoms with Crippen LogP contribution in [0.5, 0.6) is 0 Å². The van der Waals surface area contributed by atoms with Crippen molar-refractivity contribution < 1.29 is 30.8 Å². The van der Waals surface area contributed by atoms with Gasteiger partial charge in [0.15, 0.2) is 11.6 Å². The minimum atomic E-state index is -4.15. The summed E-state index contributed by atoms with van der Waals surface area (Å²) >= 11 is 0. The quantitative estimate of drug-likeness (QED) is 0.266. The third-order valence-electron chi connectivity index (χ3n) is 5.52. The number of hydrogen-bond acceptors (Lipinski definition) is 11. The highest BCUT2D eigenvalue weighted by Crippen LogP contribution is 2.30. The van der Waals surface area contributed by atoms with Gasteiger partial charge in [0.25, 0.3) is 0 Å². The molecule has 3 aromatic heterocycles. The molecule has 1 aromatic carbocycles. The van der Waals surface area contributed by atoms with E-state index in [9.17, 15) is 26.0 Å². The highest BCUT2D eigenvalue weighted by molar-refractivity contribution is 8.09. The number of benzene rings is 1. The Morgan fingerprint density at radius 2 is 1.55 bits per heavy atom. The Morgan fingerprint density at radius 1 is 0.825 bits per heavy atom. The van der Waals surface area contributed by atoms with Crippen LogP contribution in [0.4, 0.5) is 21.8 Å². The number of rotatable bonds is 9. The molecule has 15 heteroatoms. The average Bonchev–Trinajstić information content (AvgIpc) is 2.91. The summed E-state index contributed by atoms with van der Waals surface area (Å²) in [6, 6.07) is 10.1.